The summed E-state index contributed by atoms with van der Waals surface area (Å²) < 4.78 is 7.58. The number of ether oxygens (including phenoxy) is 1. The van der Waals surface area contributed by atoms with Crippen LogP contribution in [0.4, 0.5) is 0 Å². The van der Waals surface area contributed by atoms with Crippen LogP contribution < -0.4 is 4.74 Å². The molecule has 4 heteroatoms. The van der Waals surface area contributed by atoms with Crippen LogP contribution in [0.3, 0.4) is 0 Å². The van der Waals surface area contributed by atoms with Crippen molar-refractivity contribution in [1.29, 1.82) is 0 Å². The fourth-order valence-electron chi connectivity index (χ4n) is 1.49. The van der Waals surface area contributed by atoms with Crippen LogP contribution >= 0.6 is 31.9 Å². The second-order valence-corrected chi connectivity index (χ2v) is 5.69. The van der Waals surface area contributed by atoms with E-state index in [0.717, 1.165) is 26.0 Å². The van der Waals surface area contributed by atoms with E-state index in [-0.39, 0.29) is 0 Å². The van der Waals surface area contributed by atoms with Crippen LogP contribution in [0, 0.1) is 0 Å². The van der Waals surface area contributed by atoms with Crippen molar-refractivity contribution in [3.8, 4) is 11.5 Å². The molecule has 0 aromatic heterocycles. The van der Waals surface area contributed by atoms with E-state index in [2.05, 4.69) is 31.9 Å². The lowest BCUT2D eigenvalue weighted by Crippen LogP contribution is -1.92. The van der Waals surface area contributed by atoms with E-state index in [9.17, 15) is 5.11 Å². The highest BCUT2D eigenvalue weighted by molar-refractivity contribution is 9.10. The molecule has 2 rings (SSSR count). The van der Waals surface area contributed by atoms with Gasteiger partial charge < -0.3 is 9.84 Å². The van der Waals surface area contributed by atoms with Gasteiger partial charge in [-0.05, 0) is 64.8 Å². The molecule has 0 bridgehead atoms. The van der Waals surface area contributed by atoms with Gasteiger partial charge in [0.2, 0.25) is 0 Å². The summed E-state index contributed by atoms with van der Waals surface area (Å²) in [7, 11) is 0. The molecule has 2 aromatic carbocycles. The predicted octanol–water partition coefficient (Wildman–Crippen LogP) is 5.06. The van der Waals surface area contributed by atoms with Gasteiger partial charge in [-0.25, -0.2) is 0 Å². The third-order valence-electron chi connectivity index (χ3n) is 2.48. The topological polar surface area (TPSA) is 29.5 Å². The zero-order valence-electron chi connectivity index (χ0n) is 9.73. The van der Waals surface area contributed by atoms with Crippen molar-refractivity contribution in [3.63, 3.8) is 0 Å². The number of hydrogen-bond donors (Lipinski definition) is 1. The summed E-state index contributed by atoms with van der Waals surface area (Å²) in [6, 6.07) is 13.2. The lowest BCUT2D eigenvalue weighted by molar-refractivity contribution is 0.199. The lowest BCUT2D eigenvalue weighted by atomic mass is 10.1. The average molecular weight is 372 g/mol. The monoisotopic (exact) mass is 370 g/mol. The molecular weight excluding hydrogens is 360 g/mol. The Bertz CT molecular complexity index is 536. The van der Waals surface area contributed by atoms with Crippen LogP contribution in [0.1, 0.15) is 18.6 Å². The minimum atomic E-state index is -0.483. The molecule has 0 fully saturated rings. The Balaban J connectivity index is 2.22. The summed E-state index contributed by atoms with van der Waals surface area (Å²) >= 11 is 6.82. The van der Waals surface area contributed by atoms with Gasteiger partial charge in [0.15, 0.2) is 0 Å². The van der Waals surface area contributed by atoms with Gasteiger partial charge in [0.05, 0.1) is 10.6 Å². The molecule has 2 nitrogen and oxygen atoms in total. The minimum Gasteiger partial charge on any atom is -0.456 e. The quantitative estimate of drug-likeness (QED) is 0.817. The number of aliphatic hydroxyl groups is 1. The molecule has 0 aliphatic rings. The lowest BCUT2D eigenvalue weighted by Gasteiger charge is -2.10. The van der Waals surface area contributed by atoms with Crippen molar-refractivity contribution in [2.24, 2.45) is 0 Å². The standard InChI is InChI=1S/C14H12Br2O2/c1-9(17)10-2-7-14(13(16)8-10)18-12-5-3-11(15)4-6-12/h2-9,17H,1H3. The molecule has 94 valence electrons. The maximum Gasteiger partial charge on any atom is 0.141 e. The first-order valence-electron chi connectivity index (χ1n) is 5.47. The molecule has 0 radical (unpaired) electrons. The zero-order chi connectivity index (χ0) is 13.1. The molecule has 0 amide bonds. The van der Waals surface area contributed by atoms with Gasteiger partial charge in [-0.2, -0.15) is 0 Å². The Hall–Kier alpha value is -0.840. The second-order valence-electron chi connectivity index (χ2n) is 3.92. The van der Waals surface area contributed by atoms with Gasteiger partial charge in [-0.15, -0.1) is 0 Å². The van der Waals surface area contributed by atoms with Crippen LogP contribution in [-0.4, -0.2) is 5.11 Å². The smallest absolute Gasteiger partial charge is 0.141 e. The molecule has 0 saturated heterocycles. The Labute approximate surface area is 123 Å². The molecule has 0 aliphatic carbocycles. The van der Waals surface area contributed by atoms with E-state index in [4.69, 9.17) is 4.74 Å². The zero-order valence-corrected chi connectivity index (χ0v) is 12.9. The summed E-state index contributed by atoms with van der Waals surface area (Å²) in [5.41, 5.74) is 0.852. The number of hydrogen-bond acceptors (Lipinski definition) is 2. The van der Waals surface area contributed by atoms with Gasteiger partial charge in [-0.1, -0.05) is 22.0 Å². The van der Waals surface area contributed by atoms with Crippen LogP contribution in [-0.2, 0) is 0 Å². The maximum absolute atomic E-state index is 9.49. The molecule has 1 atom stereocenters. The van der Waals surface area contributed by atoms with Crippen LogP contribution in [0.15, 0.2) is 51.4 Å². The van der Waals surface area contributed by atoms with Crippen molar-refractivity contribution < 1.29 is 9.84 Å². The molecule has 1 N–H and O–H groups in total. The van der Waals surface area contributed by atoms with Gasteiger partial charge in [0, 0.05) is 4.47 Å². The third kappa shape index (κ3) is 3.34. The largest absolute Gasteiger partial charge is 0.456 e. The first kappa shape index (κ1) is 13.6. The highest BCUT2D eigenvalue weighted by atomic mass is 79.9. The van der Waals surface area contributed by atoms with Crippen molar-refractivity contribution >= 4 is 31.9 Å². The van der Waals surface area contributed by atoms with E-state index >= 15 is 0 Å². The second kappa shape index (κ2) is 5.87. The SMILES string of the molecule is CC(O)c1ccc(Oc2ccc(Br)cc2)c(Br)c1. The number of benzene rings is 2. The highest BCUT2D eigenvalue weighted by Gasteiger charge is 2.07. The molecule has 0 saturated carbocycles. The summed E-state index contributed by atoms with van der Waals surface area (Å²) in [5.74, 6) is 1.49. The van der Waals surface area contributed by atoms with Crippen molar-refractivity contribution in [1.82, 2.24) is 0 Å². The number of aliphatic hydroxyl groups excluding tert-OH is 1. The number of halogens is 2. The van der Waals surface area contributed by atoms with Crippen LogP contribution in [0.5, 0.6) is 11.5 Å². The minimum absolute atomic E-state index is 0.483. The molecule has 0 heterocycles. The fourth-order valence-corrected chi connectivity index (χ4v) is 2.23. The molecule has 0 aliphatic heterocycles. The number of rotatable bonds is 3. The molecule has 18 heavy (non-hydrogen) atoms. The first-order chi connectivity index (χ1) is 8.56. The predicted molar refractivity (Wildman–Crippen MR) is 79.0 cm³/mol. The van der Waals surface area contributed by atoms with E-state index < -0.39 is 6.10 Å². The highest BCUT2D eigenvalue weighted by Crippen LogP contribution is 2.32. The van der Waals surface area contributed by atoms with Gasteiger partial charge in [-0.3, -0.25) is 0 Å². The van der Waals surface area contributed by atoms with E-state index in [0.29, 0.717) is 0 Å². The fraction of sp³-hybridized carbons (Fsp3) is 0.143. The van der Waals surface area contributed by atoms with Crippen molar-refractivity contribution in [3.05, 3.63) is 57.0 Å². The maximum atomic E-state index is 9.49. The van der Waals surface area contributed by atoms with E-state index in [1.54, 1.807) is 6.92 Å². The van der Waals surface area contributed by atoms with Gasteiger partial charge in [0.25, 0.3) is 0 Å². The first-order valence-corrected chi connectivity index (χ1v) is 7.06. The van der Waals surface area contributed by atoms with Gasteiger partial charge >= 0.3 is 0 Å². The molecule has 2 aromatic rings. The van der Waals surface area contributed by atoms with Crippen LogP contribution in [0.25, 0.3) is 0 Å². The third-order valence-corrected chi connectivity index (χ3v) is 3.63. The van der Waals surface area contributed by atoms with E-state index in [1.807, 2.05) is 42.5 Å². The summed E-state index contributed by atoms with van der Waals surface area (Å²) in [4.78, 5) is 0. The summed E-state index contributed by atoms with van der Waals surface area (Å²) in [5, 5.41) is 9.49. The van der Waals surface area contributed by atoms with Gasteiger partial charge in [0.1, 0.15) is 11.5 Å². The molecular formula is C14H12Br2O2. The molecule has 1 unspecified atom stereocenters. The van der Waals surface area contributed by atoms with Crippen molar-refractivity contribution in [2.45, 2.75) is 13.0 Å². The van der Waals surface area contributed by atoms with Crippen LogP contribution in [0.2, 0.25) is 0 Å². The van der Waals surface area contributed by atoms with Crippen molar-refractivity contribution in [2.75, 3.05) is 0 Å². The normalized spacial score (nSPS) is 12.2. The average Bonchev–Trinajstić information content (AvgIpc) is 2.34. The summed E-state index contributed by atoms with van der Waals surface area (Å²) in [6.07, 6.45) is -0.483. The summed E-state index contributed by atoms with van der Waals surface area (Å²) in [6.45, 7) is 1.73. The van der Waals surface area contributed by atoms with E-state index in [1.165, 1.54) is 0 Å². The Kier molecular flexibility index (Phi) is 4.43. The molecule has 0 spiro atoms. The Morgan fingerprint density at radius 2 is 1.72 bits per heavy atom. The Morgan fingerprint density at radius 1 is 1.06 bits per heavy atom. The Morgan fingerprint density at radius 3 is 2.28 bits per heavy atom.